The molecule has 0 aromatic carbocycles. The summed E-state index contributed by atoms with van der Waals surface area (Å²) >= 11 is 2.91. The summed E-state index contributed by atoms with van der Waals surface area (Å²) < 4.78 is 7.14. The lowest BCUT2D eigenvalue weighted by atomic mass is 10.2. The van der Waals surface area contributed by atoms with Gasteiger partial charge in [-0.3, -0.25) is 9.20 Å². The van der Waals surface area contributed by atoms with Crippen molar-refractivity contribution in [3.05, 3.63) is 42.3 Å². The standard InChI is InChI=1S/C17H19N3O3S2/c1-3-6-23-17(22)20-10-15(24-12(2)21)7-13(20)4-5-14-9-19-11-18-8-16(19)25-14/h3-5,8-9,11,13,15H,1,6-7,10H2,2H3/b5-4+/t13-,15+/m1/s1. The molecule has 2 aromatic rings. The van der Waals surface area contributed by atoms with Crippen molar-refractivity contribution in [2.24, 2.45) is 0 Å². The molecule has 1 amide bonds. The molecule has 0 radical (unpaired) electrons. The number of thioether (sulfide) groups is 1. The van der Waals surface area contributed by atoms with E-state index >= 15 is 0 Å². The van der Waals surface area contributed by atoms with Crippen LogP contribution in [0.2, 0.25) is 0 Å². The topological polar surface area (TPSA) is 63.9 Å². The number of nitrogens with zero attached hydrogens (tertiary/aromatic N) is 3. The zero-order valence-corrected chi connectivity index (χ0v) is 15.5. The molecule has 25 heavy (non-hydrogen) atoms. The van der Waals surface area contributed by atoms with Gasteiger partial charge in [-0.1, -0.05) is 30.5 Å². The molecule has 0 bridgehead atoms. The SMILES string of the molecule is C=CCOC(=O)N1C[C@@H](SC(C)=O)C[C@H]1/C=C/c1cn2cncc2s1. The van der Waals surface area contributed by atoms with Crippen LogP contribution in [0.25, 0.3) is 10.9 Å². The number of thiazole rings is 1. The molecule has 0 N–H and O–H groups in total. The molecule has 0 unspecified atom stereocenters. The van der Waals surface area contributed by atoms with Crippen LogP contribution in [-0.2, 0) is 9.53 Å². The minimum Gasteiger partial charge on any atom is -0.445 e. The van der Waals surface area contributed by atoms with Crippen LogP contribution in [0.5, 0.6) is 0 Å². The van der Waals surface area contributed by atoms with Gasteiger partial charge in [0.05, 0.1) is 18.6 Å². The van der Waals surface area contributed by atoms with Gasteiger partial charge >= 0.3 is 6.09 Å². The van der Waals surface area contributed by atoms with E-state index in [4.69, 9.17) is 4.74 Å². The molecule has 0 spiro atoms. The molecule has 2 aromatic heterocycles. The number of fused-ring (bicyclic) bond motifs is 1. The molecule has 2 atom stereocenters. The first-order chi connectivity index (χ1) is 12.1. The predicted octanol–water partition coefficient (Wildman–Crippen LogP) is 3.45. The quantitative estimate of drug-likeness (QED) is 0.747. The minimum absolute atomic E-state index is 0.0648. The number of likely N-dealkylation sites (tertiary alicyclic amines) is 1. The van der Waals surface area contributed by atoms with Gasteiger partial charge in [-0.05, 0) is 12.5 Å². The van der Waals surface area contributed by atoms with Gasteiger partial charge in [-0.15, -0.1) is 11.3 Å². The number of rotatable bonds is 5. The fourth-order valence-electron chi connectivity index (χ4n) is 2.79. The van der Waals surface area contributed by atoms with Crippen LogP contribution in [0.15, 0.2) is 37.5 Å². The van der Waals surface area contributed by atoms with Gasteiger partial charge in [0.25, 0.3) is 0 Å². The summed E-state index contributed by atoms with van der Waals surface area (Å²) in [5, 5.41) is 0.154. The van der Waals surface area contributed by atoms with E-state index in [1.807, 2.05) is 28.9 Å². The van der Waals surface area contributed by atoms with Crippen molar-refractivity contribution in [3.63, 3.8) is 0 Å². The molecule has 6 nitrogen and oxygen atoms in total. The lowest BCUT2D eigenvalue weighted by Gasteiger charge is -2.21. The number of hydrogen-bond donors (Lipinski definition) is 0. The number of imidazole rings is 1. The molecule has 3 heterocycles. The summed E-state index contributed by atoms with van der Waals surface area (Å²) in [5.41, 5.74) is 0. The van der Waals surface area contributed by atoms with Gasteiger partial charge in [0.1, 0.15) is 11.4 Å². The van der Waals surface area contributed by atoms with E-state index in [-0.39, 0.29) is 29.1 Å². The molecule has 1 aliphatic rings. The molecule has 3 rings (SSSR count). The van der Waals surface area contributed by atoms with Crippen LogP contribution in [0.1, 0.15) is 18.2 Å². The van der Waals surface area contributed by atoms with Crippen LogP contribution in [0, 0.1) is 0 Å². The second kappa shape index (κ2) is 7.88. The van der Waals surface area contributed by atoms with Gasteiger partial charge in [-0.25, -0.2) is 9.78 Å². The number of hydrogen-bond acceptors (Lipinski definition) is 6. The largest absolute Gasteiger partial charge is 0.445 e. The smallest absolute Gasteiger partial charge is 0.410 e. The van der Waals surface area contributed by atoms with Crippen LogP contribution in [0.4, 0.5) is 4.79 Å². The van der Waals surface area contributed by atoms with Crippen molar-refractivity contribution in [1.82, 2.24) is 14.3 Å². The lowest BCUT2D eigenvalue weighted by Crippen LogP contribution is -2.35. The first-order valence-corrected chi connectivity index (χ1v) is 9.57. The first-order valence-electron chi connectivity index (χ1n) is 7.88. The summed E-state index contributed by atoms with van der Waals surface area (Å²) in [6, 6.07) is -0.0891. The maximum Gasteiger partial charge on any atom is 0.410 e. The van der Waals surface area contributed by atoms with Crippen LogP contribution >= 0.6 is 23.1 Å². The Kier molecular flexibility index (Phi) is 5.60. The van der Waals surface area contributed by atoms with E-state index in [0.29, 0.717) is 6.54 Å². The minimum atomic E-state index is -0.371. The Morgan fingerprint density at radius 3 is 3.12 bits per heavy atom. The summed E-state index contributed by atoms with van der Waals surface area (Å²) in [6.07, 6.45) is 11.5. The van der Waals surface area contributed by atoms with E-state index in [1.54, 1.807) is 35.6 Å². The lowest BCUT2D eigenvalue weighted by molar-refractivity contribution is -0.109. The van der Waals surface area contributed by atoms with Crippen molar-refractivity contribution < 1.29 is 14.3 Å². The van der Waals surface area contributed by atoms with Gasteiger partial charge < -0.3 is 9.64 Å². The van der Waals surface area contributed by atoms with Gasteiger partial charge in [0, 0.05) is 29.8 Å². The first kappa shape index (κ1) is 17.8. The Bertz CT molecular complexity index is 783. The Morgan fingerprint density at radius 2 is 2.40 bits per heavy atom. The summed E-state index contributed by atoms with van der Waals surface area (Å²) in [5.74, 6) is 0. The van der Waals surface area contributed by atoms with Crippen LogP contribution in [0.3, 0.4) is 0 Å². The number of aromatic nitrogens is 2. The van der Waals surface area contributed by atoms with E-state index < -0.39 is 0 Å². The zero-order valence-electron chi connectivity index (χ0n) is 13.8. The van der Waals surface area contributed by atoms with Crippen molar-refractivity contribution in [2.75, 3.05) is 13.2 Å². The summed E-state index contributed by atoms with van der Waals surface area (Å²) in [7, 11) is 0. The Labute approximate surface area is 154 Å². The molecule has 132 valence electrons. The second-order valence-electron chi connectivity index (χ2n) is 5.68. The molecule has 1 fully saturated rings. The average Bonchev–Trinajstić information content (AvgIpc) is 3.24. The van der Waals surface area contributed by atoms with Crippen molar-refractivity contribution in [3.8, 4) is 0 Å². The number of carbonyl (C=O) groups is 2. The highest BCUT2D eigenvalue weighted by atomic mass is 32.2. The Morgan fingerprint density at radius 1 is 1.56 bits per heavy atom. The Balaban J connectivity index is 1.73. The molecule has 0 saturated carbocycles. The zero-order chi connectivity index (χ0) is 17.8. The Hall–Kier alpha value is -2.06. The molecule has 1 aliphatic heterocycles. The molecular formula is C17H19N3O3S2. The highest BCUT2D eigenvalue weighted by Crippen LogP contribution is 2.30. The third kappa shape index (κ3) is 4.32. The number of ether oxygens (including phenoxy) is 1. The molecule has 1 saturated heterocycles. The maximum atomic E-state index is 12.3. The van der Waals surface area contributed by atoms with E-state index in [0.717, 1.165) is 16.1 Å². The van der Waals surface area contributed by atoms with E-state index in [9.17, 15) is 9.59 Å². The highest BCUT2D eigenvalue weighted by molar-refractivity contribution is 8.14. The average molecular weight is 377 g/mol. The van der Waals surface area contributed by atoms with Crippen LogP contribution in [-0.4, -0.2) is 49.9 Å². The third-order valence-corrected chi connectivity index (χ3v) is 5.81. The van der Waals surface area contributed by atoms with Gasteiger partial charge in [0.2, 0.25) is 0 Å². The van der Waals surface area contributed by atoms with E-state index in [2.05, 4.69) is 11.6 Å². The molecular weight excluding hydrogens is 358 g/mol. The second-order valence-corrected chi connectivity index (χ2v) is 8.26. The normalized spacial score (nSPS) is 20.4. The summed E-state index contributed by atoms with van der Waals surface area (Å²) in [4.78, 5) is 31.6. The molecule has 8 heteroatoms. The van der Waals surface area contributed by atoms with E-state index in [1.165, 1.54) is 11.8 Å². The highest BCUT2D eigenvalue weighted by Gasteiger charge is 2.35. The fourth-order valence-corrected chi connectivity index (χ4v) is 4.66. The van der Waals surface area contributed by atoms with Gasteiger partial charge in [-0.2, -0.15) is 0 Å². The third-order valence-electron chi connectivity index (χ3n) is 3.80. The van der Waals surface area contributed by atoms with Crippen molar-refractivity contribution in [1.29, 1.82) is 0 Å². The summed E-state index contributed by atoms with van der Waals surface area (Å²) in [6.45, 7) is 5.80. The van der Waals surface area contributed by atoms with Crippen molar-refractivity contribution in [2.45, 2.75) is 24.6 Å². The van der Waals surface area contributed by atoms with Gasteiger partial charge in [0.15, 0.2) is 5.12 Å². The predicted molar refractivity (Wildman–Crippen MR) is 101 cm³/mol. The number of amides is 1. The fraction of sp³-hybridized carbons (Fsp3) is 0.353. The molecule has 0 aliphatic carbocycles. The van der Waals surface area contributed by atoms with Crippen molar-refractivity contribution >= 4 is 45.2 Å². The monoisotopic (exact) mass is 377 g/mol. The maximum absolute atomic E-state index is 12.3. The van der Waals surface area contributed by atoms with Crippen LogP contribution < -0.4 is 0 Å². The number of carbonyl (C=O) groups excluding carboxylic acids is 2.